The summed E-state index contributed by atoms with van der Waals surface area (Å²) in [4.78, 5) is 10.3. The fraction of sp³-hybridized carbons (Fsp3) is 0.0625. The molecule has 3 rings (SSSR count). The van der Waals surface area contributed by atoms with E-state index in [0.717, 1.165) is 0 Å². The number of anilines is 1. The van der Waals surface area contributed by atoms with E-state index >= 15 is 0 Å². The third kappa shape index (κ3) is 2.64. The van der Waals surface area contributed by atoms with Crippen LogP contribution in [0.5, 0.6) is 0 Å². The minimum atomic E-state index is -0.461. The van der Waals surface area contributed by atoms with E-state index in [1.54, 1.807) is 31.3 Å². The van der Waals surface area contributed by atoms with E-state index < -0.39 is 4.92 Å². The number of aryl methyl sites for hydroxylation is 1. The van der Waals surface area contributed by atoms with Crippen LogP contribution in [-0.4, -0.2) is 14.7 Å². The Morgan fingerprint density at radius 3 is 2.22 bits per heavy atom. The van der Waals surface area contributed by atoms with Gasteiger partial charge in [-0.3, -0.25) is 14.8 Å². The van der Waals surface area contributed by atoms with Gasteiger partial charge >= 0.3 is 0 Å². The normalized spacial score (nSPS) is 10.7. The zero-order chi connectivity index (χ0) is 16.6. The Morgan fingerprint density at radius 2 is 1.65 bits per heavy atom. The number of nitrogens with zero attached hydrogens (tertiary/aromatic N) is 3. The molecule has 2 N–H and O–H groups in total. The number of non-ortho nitro benzene ring substituents is 1. The fourth-order valence-corrected chi connectivity index (χ4v) is 2.38. The molecule has 0 unspecified atom stereocenters. The highest BCUT2D eigenvalue weighted by molar-refractivity contribution is 5.88. The molecule has 1 aromatic heterocycles. The van der Waals surface area contributed by atoms with E-state index in [0.29, 0.717) is 28.2 Å². The van der Waals surface area contributed by atoms with Gasteiger partial charge in [-0.2, -0.15) is 5.10 Å². The minimum Gasteiger partial charge on any atom is -0.383 e. The summed E-state index contributed by atoms with van der Waals surface area (Å²) >= 11 is 0. The molecule has 7 heteroatoms. The van der Waals surface area contributed by atoms with E-state index in [9.17, 15) is 14.5 Å². The Kier molecular flexibility index (Phi) is 3.53. The number of hydrogen-bond acceptors (Lipinski definition) is 4. The van der Waals surface area contributed by atoms with Gasteiger partial charge in [0.15, 0.2) is 0 Å². The van der Waals surface area contributed by atoms with Crippen molar-refractivity contribution in [3.63, 3.8) is 0 Å². The summed E-state index contributed by atoms with van der Waals surface area (Å²) in [7, 11) is 1.71. The average Bonchev–Trinajstić information content (AvgIpc) is 2.84. The topological polar surface area (TPSA) is 87.0 Å². The molecule has 116 valence electrons. The standard InChI is InChI=1S/C16H13FN4O2/c1-20-16(18)14(10-4-8-13(9-5-10)21(22)23)15(19-20)11-2-6-12(17)7-3-11/h2-9H,18H2,1H3. The molecule has 0 amide bonds. The van der Waals surface area contributed by atoms with Gasteiger partial charge < -0.3 is 5.73 Å². The smallest absolute Gasteiger partial charge is 0.269 e. The van der Waals surface area contributed by atoms with Crippen LogP contribution in [-0.2, 0) is 7.05 Å². The van der Waals surface area contributed by atoms with Gasteiger partial charge in [-0.1, -0.05) is 0 Å². The van der Waals surface area contributed by atoms with Gasteiger partial charge in [-0.15, -0.1) is 0 Å². The summed E-state index contributed by atoms with van der Waals surface area (Å²) in [6.45, 7) is 0. The number of nitrogen functional groups attached to an aromatic ring is 1. The molecule has 0 aliphatic heterocycles. The highest BCUT2D eigenvalue weighted by Crippen LogP contribution is 2.36. The molecular weight excluding hydrogens is 299 g/mol. The highest BCUT2D eigenvalue weighted by atomic mass is 19.1. The number of nitro groups is 1. The van der Waals surface area contributed by atoms with Crippen molar-refractivity contribution < 1.29 is 9.31 Å². The van der Waals surface area contributed by atoms with E-state index in [2.05, 4.69) is 5.10 Å². The lowest BCUT2D eigenvalue weighted by molar-refractivity contribution is -0.384. The van der Waals surface area contributed by atoms with Crippen molar-refractivity contribution in [3.8, 4) is 22.4 Å². The second-order valence-corrected chi connectivity index (χ2v) is 5.04. The van der Waals surface area contributed by atoms with Gasteiger partial charge in [0, 0.05) is 24.7 Å². The van der Waals surface area contributed by atoms with Crippen LogP contribution in [0.1, 0.15) is 0 Å². The monoisotopic (exact) mass is 312 g/mol. The van der Waals surface area contributed by atoms with E-state index in [-0.39, 0.29) is 11.5 Å². The molecule has 0 bridgehead atoms. The largest absolute Gasteiger partial charge is 0.383 e. The highest BCUT2D eigenvalue weighted by Gasteiger charge is 2.18. The molecule has 0 radical (unpaired) electrons. The Bertz CT molecular complexity index is 870. The SMILES string of the molecule is Cn1nc(-c2ccc(F)cc2)c(-c2ccc([N+](=O)[O-])cc2)c1N. The van der Waals surface area contributed by atoms with E-state index in [1.807, 2.05) is 0 Å². The number of aromatic nitrogens is 2. The molecule has 0 atom stereocenters. The summed E-state index contributed by atoms with van der Waals surface area (Å²) in [6, 6.07) is 12.0. The van der Waals surface area contributed by atoms with E-state index in [1.165, 1.54) is 28.9 Å². The predicted molar refractivity (Wildman–Crippen MR) is 85.1 cm³/mol. The van der Waals surface area contributed by atoms with Crippen molar-refractivity contribution in [2.45, 2.75) is 0 Å². The first-order valence-electron chi connectivity index (χ1n) is 6.80. The number of benzene rings is 2. The van der Waals surface area contributed by atoms with Gasteiger partial charge in [0.25, 0.3) is 5.69 Å². The number of nitro benzene ring substituents is 1. The van der Waals surface area contributed by atoms with Crippen LogP contribution < -0.4 is 5.73 Å². The van der Waals surface area contributed by atoms with Crippen LogP contribution in [0, 0.1) is 15.9 Å². The second kappa shape index (κ2) is 5.53. The van der Waals surface area contributed by atoms with Crippen LogP contribution in [0.25, 0.3) is 22.4 Å². The Balaban J connectivity index is 2.15. The van der Waals surface area contributed by atoms with Crippen molar-refractivity contribution in [1.82, 2.24) is 9.78 Å². The summed E-state index contributed by atoms with van der Waals surface area (Å²) in [5.74, 6) is 0.0905. The maximum atomic E-state index is 13.1. The van der Waals surface area contributed by atoms with Crippen LogP contribution in [0.15, 0.2) is 48.5 Å². The lowest BCUT2D eigenvalue weighted by Gasteiger charge is -2.04. The first-order valence-corrected chi connectivity index (χ1v) is 6.80. The molecule has 0 aliphatic rings. The molecule has 23 heavy (non-hydrogen) atoms. The van der Waals surface area contributed by atoms with Gasteiger partial charge in [0.2, 0.25) is 0 Å². The number of halogens is 1. The number of nitrogens with two attached hydrogens (primary N) is 1. The molecule has 0 saturated heterocycles. The van der Waals surface area contributed by atoms with Crippen molar-refractivity contribution >= 4 is 11.5 Å². The quantitative estimate of drug-likeness (QED) is 0.593. The van der Waals surface area contributed by atoms with Crippen molar-refractivity contribution in [2.75, 3.05) is 5.73 Å². The Hall–Kier alpha value is -3.22. The molecule has 0 aliphatic carbocycles. The van der Waals surface area contributed by atoms with Crippen LogP contribution in [0.3, 0.4) is 0 Å². The molecule has 6 nitrogen and oxygen atoms in total. The van der Waals surface area contributed by atoms with Crippen LogP contribution in [0.2, 0.25) is 0 Å². The fourth-order valence-electron chi connectivity index (χ4n) is 2.38. The molecular formula is C16H13FN4O2. The second-order valence-electron chi connectivity index (χ2n) is 5.04. The lowest BCUT2D eigenvalue weighted by Crippen LogP contribution is -1.98. The molecule has 0 fully saturated rings. The summed E-state index contributed by atoms with van der Waals surface area (Å²) in [5, 5.41) is 15.1. The summed E-state index contributed by atoms with van der Waals surface area (Å²) < 4.78 is 14.6. The van der Waals surface area contributed by atoms with Crippen LogP contribution in [0.4, 0.5) is 15.9 Å². The molecule has 2 aromatic carbocycles. The maximum Gasteiger partial charge on any atom is 0.269 e. The van der Waals surface area contributed by atoms with Crippen molar-refractivity contribution in [2.24, 2.45) is 7.05 Å². The third-order valence-electron chi connectivity index (χ3n) is 3.58. The van der Waals surface area contributed by atoms with Gasteiger partial charge in [-0.25, -0.2) is 4.39 Å². The van der Waals surface area contributed by atoms with Gasteiger partial charge in [0.1, 0.15) is 17.3 Å². The molecule has 0 saturated carbocycles. The number of rotatable bonds is 3. The zero-order valence-corrected chi connectivity index (χ0v) is 12.2. The van der Waals surface area contributed by atoms with Gasteiger partial charge in [-0.05, 0) is 42.0 Å². The van der Waals surface area contributed by atoms with Crippen LogP contribution >= 0.6 is 0 Å². The number of hydrogen-bond donors (Lipinski definition) is 1. The summed E-state index contributed by atoms with van der Waals surface area (Å²) in [6.07, 6.45) is 0. The molecule has 1 heterocycles. The summed E-state index contributed by atoms with van der Waals surface area (Å²) in [5.41, 5.74) is 8.77. The lowest BCUT2D eigenvalue weighted by atomic mass is 10.0. The van der Waals surface area contributed by atoms with Gasteiger partial charge in [0.05, 0.1) is 10.5 Å². The Morgan fingerprint density at radius 1 is 1.09 bits per heavy atom. The Labute approximate surface area is 131 Å². The molecule has 3 aromatic rings. The zero-order valence-electron chi connectivity index (χ0n) is 12.2. The van der Waals surface area contributed by atoms with E-state index in [4.69, 9.17) is 5.73 Å². The third-order valence-corrected chi connectivity index (χ3v) is 3.58. The first kappa shape index (κ1) is 14.7. The predicted octanol–water partition coefficient (Wildman–Crippen LogP) is 3.38. The first-order chi connectivity index (χ1) is 11.0. The van der Waals surface area contributed by atoms with Crippen molar-refractivity contribution in [3.05, 3.63) is 64.5 Å². The minimum absolute atomic E-state index is 0.000422. The maximum absolute atomic E-state index is 13.1. The molecule has 0 spiro atoms. The van der Waals surface area contributed by atoms with Crippen molar-refractivity contribution in [1.29, 1.82) is 0 Å². The average molecular weight is 312 g/mol.